The van der Waals surface area contributed by atoms with Crippen LogP contribution in [0.3, 0.4) is 0 Å². The molecule has 15 heavy (non-hydrogen) atoms. The average molecular weight is 272 g/mol. The summed E-state index contributed by atoms with van der Waals surface area (Å²) in [5, 5.41) is 2.81. The van der Waals surface area contributed by atoms with E-state index in [2.05, 4.69) is 21.2 Å². The molecular weight excluding hydrogens is 258 g/mol. The Morgan fingerprint density at radius 3 is 2.67 bits per heavy atom. The molecule has 0 saturated carbocycles. The number of halogens is 1. The second kappa shape index (κ2) is 5.16. The number of anilines is 1. The largest absolute Gasteiger partial charge is 0.495 e. The highest BCUT2D eigenvalue weighted by molar-refractivity contribution is 9.10. The van der Waals surface area contributed by atoms with E-state index in [4.69, 9.17) is 4.74 Å². The number of nitrogens with one attached hydrogen (secondary N) is 1. The van der Waals surface area contributed by atoms with E-state index in [1.807, 2.05) is 26.0 Å². The Hall–Kier alpha value is -1.03. The highest BCUT2D eigenvalue weighted by Crippen LogP contribution is 2.28. The van der Waals surface area contributed by atoms with Crippen LogP contribution in [0.4, 0.5) is 5.69 Å². The van der Waals surface area contributed by atoms with Crippen LogP contribution in [0.1, 0.15) is 13.8 Å². The average Bonchev–Trinajstić information content (AvgIpc) is 2.18. The zero-order valence-corrected chi connectivity index (χ0v) is 10.6. The fourth-order valence-corrected chi connectivity index (χ4v) is 1.42. The first-order chi connectivity index (χ1) is 7.04. The SMILES string of the molecule is COc1ccc(Br)cc1NC(=O)C(C)C. The van der Waals surface area contributed by atoms with Gasteiger partial charge in [-0.2, -0.15) is 0 Å². The van der Waals surface area contributed by atoms with E-state index in [1.165, 1.54) is 0 Å². The number of hydrogen-bond acceptors (Lipinski definition) is 2. The van der Waals surface area contributed by atoms with Crippen molar-refractivity contribution >= 4 is 27.5 Å². The quantitative estimate of drug-likeness (QED) is 0.918. The van der Waals surface area contributed by atoms with Gasteiger partial charge in [0, 0.05) is 10.4 Å². The van der Waals surface area contributed by atoms with Crippen LogP contribution >= 0.6 is 15.9 Å². The van der Waals surface area contributed by atoms with Gasteiger partial charge < -0.3 is 10.1 Å². The third kappa shape index (κ3) is 3.23. The van der Waals surface area contributed by atoms with Crippen molar-refractivity contribution in [3.8, 4) is 5.75 Å². The molecule has 0 bridgehead atoms. The molecule has 0 aliphatic rings. The second-order valence-electron chi connectivity index (χ2n) is 3.49. The molecule has 0 aliphatic heterocycles. The van der Waals surface area contributed by atoms with E-state index < -0.39 is 0 Å². The fraction of sp³-hybridized carbons (Fsp3) is 0.364. The van der Waals surface area contributed by atoms with Gasteiger partial charge in [-0.25, -0.2) is 0 Å². The first-order valence-corrected chi connectivity index (χ1v) is 5.48. The monoisotopic (exact) mass is 271 g/mol. The third-order valence-electron chi connectivity index (χ3n) is 1.94. The Morgan fingerprint density at radius 1 is 1.47 bits per heavy atom. The number of carbonyl (C=O) groups is 1. The summed E-state index contributed by atoms with van der Waals surface area (Å²) < 4.78 is 6.05. The molecule has 1 rings (SSSR count). The highest BCUT2D eigenvalue weighted by Gasteiger charge is 2.10. The van der Waals surface area contributed by atoms with Crippen LogP contribution in [0.2, 0.25) is 0 Å². The third-order valence-corrected chi connectivity index (χ3v) is 2.44. The molecule has 4 heteroatoms. The van der Waals surface area contributed by atoms with Crippen LogP contribution in [0, 0.1) is 5.92 Å². The van der Waals surface area contributed by atoms with Gasteiger partial charge in [0.2, 0.25) is 5.91 Å². The summed E-state index contributed by atoms with van der Waals surface area (Å²) >= 11 is 3.35. The predicted octanol–water partition coefficient (Wildman–Crippen LogP) is 3.05. The van der Waals surface area contributed by atoms with E-state index in [0.29, 0.717) is 11.4 Å². The highest BCUT2D eigenvalue weighted by atomic mass is 79.9. The van der Waals surface area contributed by atoms with E-state index >= 15 is 0 Å². The van der Waals surface area contributed by atoms with Gasteiger partial charge in [0.05, 0.1) is 12.8 Å². The zero-order valence-electron chi connectivity index (χ0n) is 9.00. The number of hydrogen-bond donors (Lipinski definition) is 1. The van der Waals surface area contributed by atoms with Gasteiger partial charge in [0.25, 0.3) is 0 Å². The molecule has 1 aromatic rings. The zero-order chi connectivity index (χ0) is 11.4. The second-order valence-corrected chi connectivity index (χ2v) is 4.40. The van der Waals surface area contributed by atoms with Crippen molar-refractivity contribution in [2.24, 2.45) is 5.92 Å². The number of rotatable bonds is 3. The van der Waals surface area contributed by atoms with Crippen LogP contribution in [0.5, 0.6) is 5.75 Å². The van der Waals surface area contributed by atoms with Crippen LogP contribution in [0.15, 0.2) is 22.7 Å². The summed E-state index contributed by atoms with van der Waals surface area (Å²) in [7, 11) is 1.58. The lowest BCUT2D eigenvalue weighted by Gasteiger charge is -2.11. The number of benzene rings is 1. The number of carbonyl (C=O) groups excluding carboxylic acids is 1. The van der Waals surface area contributed by atoms with Crippen molar-refractivity contribution in [1.29, 1.82) is 0 Å². The Kier molecular flexibility index (Phi) is 4.15. The maximum Gasteiger partial charge on any atom is 0.227 e. The molecule has 0 saturated heterocycles. The molecule has 0 spiro atoms. The predicted molar refractivity (Wildman–Crippen MR) is 64.2 cm³/mol. The van der Waals surface area contributed by atoms with Crippen molar-refractivity contribution < 1.29 is 9.53 Å². The number of ether oxygens (including phenoxy) is 1. The Labute approximate surface area is 97.9 Å². The van der Waals surface area contributed by atoms with Gasteiger partial charge in [-0.15, -0.1) is 0 Å². The summed E-state index contributed by atoms with van der Waals surface area (Å²) in [6.45, 7) is 3.69. The van der Waals surface area contributed by atoms with Gasteiger partial charge in [-0.1, -0.05) is 29.8 Å². The fourth-order valence-electron chi connectivity index (χ4n) is 1.05. The van der Waals surface area contributed by atoms with E-state index in [9.17, 15) is 4.79 Å². The molecule has 82 valence electrons. The van der Waals surface area contributed by atoms with Crippen molar-refractivity contribution in [3.05, 3.63) is 22.7 Å². The summed E-state index contributed by atoms with van der Waals surface area (Å²) in [6, 6.07) is 5.49. The van der Waals surface area contributed by atoms with Crippen molar-refractivity contribution in [2.75, 3.05) is 12.4 Å². The Morgan fingerprint density at radius 2 is 2.13 bits per heavy atom. The van der Waals surface area contributed by atoms with Crippen LogP contribution in [-0.2, 0) is 4.79 Å². The van der Waals surface area contributed by atoms with E-state index in [-0.39, 0.29) is 11.8 Å². The number of amides is 1. The normalized spacial score (nSPS) is 10.2. The standard InChI is InChI=1S/C11H14BrNO2/c1-7(2)11(14)13-9-6-8(12)4-5-10(9)15-3/h4-7H,1-3H3,(H,13,14). The van der Waals surface area contributed by atoms with Gasteiger partial charge in [-0.05, 0) is 18.2 Å². The minimum Gasteiger partial charge on any atom is -0.495 e. The van der Waals surface area contributed by atoms with Gasteiger partial charge in [-0.3, -0.25) is 4.79 Å². The van der Waals surface area contributed by atoms with Crippen molar-refractivity contribution in [2.45, 2.75) is 13.8 Å². The van der Waals surface area contributed by atoms with Crippen LogP contribution < -0.4 is 10.1 Å². The van der Waals surface area contributed by atoms with Gasteiger partial charge in [0.1, 0.15) is 5.75 Å². The van der Waals surface area contributed by atoms with Crippen LogP contribution in [0.25, 0.3) is 0 Å². The molecule has 0 aliphatic carbocycles. The molecule has 1 amide bonds. The van der Waals surface area contributed by atoms with Crippen LogP contribution in [-0.4, -0.2) is 13.0 Å². The molecule has 0 unspecified atom stereocenters. The minimum atomic E-state index is -0.0475. The van der Waals surface area contributed by atoms with E-state index in [1.54, 1.807) is 13.2 Å². The maximum absolute atomic E-state index is 11.5. The molecular formula is C11H14BrNO2. The number of methoxy groups -OCH3 is 1. The lowest BCUT2D eigenvalue weighted by Crippen LogP contribution is -2.18. The Bertz CT molecular complexity index is 364. The molecule has 0 atom stereocenters. The lowest BCUT2D eigenvalue weighted by molar-refractivity contribution is -0.118. The smallest absolute Gasteiger partial charge is 0.227 e. The molecule has 3 nitrogen and oxygen atoms in total. The van der Waals surface area contributed by atoms with Gasteiger partial charge in [0.15, 0.2) is 0 Å². The summed E-state index contributed by atoms with van der Waals surface area (Å²) in [4.78, 5) is 11.5. The topological polar surface area (TPSA) is 38.3 Å². The molecule has 0 aromatic heterocycles. The molecule has 0 radical (unpaired) electrons. The first kappa shape index (κ1) is 12.0. The summed E-state index contributed by atoms with van der Waals surface area (Å²) in [6.07, 6.45) is 0. The first-order valence-electron chi connectivity index (χ1n) is 4.69. The van der Waals surface area contributed by atoms with Gasteiger partial charge >= 0.3 is 0 Å². The Balaban J connectivity index is 2.92. The summed E-state index contributed by atoms with van der Waals surface area (Å²) in [5.74, 6) is 0.590. The van der Waals surface area contributed by atoms with E-state index in [0.717, 1.165) is 4.47 Å². The van der Waals surface area contributed by atoms with Crippen molar-refractivity contribution in [3.63, 3.8) is 0 Å². The minimum absolute atomic E-state index is 0.0219. The molecule has 0 heterocycles. The molecule has 0 fully saturated rings. The molecule has 1 aromatic carbocycles. The van der Waals surface area contributed by atoms with Crippen molar-refractivity contribution in [1.82, 2.24) is 0 Å². The lowest BCUT2D eigenvalue weighted by atomic mass is 10.2. The maximum atomic E-state index is 11.5. The molecule has 1 N–H and O–H groups in total. The summed E-state index contributed by atoms with van der Waals surface area (Å²) in [5.41, 5.74) is 0.686.